The molecule has 2 aliphatic carbocycles. The van der Waals surface area contributed by atoms with Crippen molar-refractivity contribution in [2.45, 2.75) is 55.3 Å². The number of hydrogen-bond acceptors (Lipinski definition) is 6. The summed E-state index contributed by atoms with van der Waals surface area (Å²) in [4.78, 5) is 11.5. The molecular weight excluding hydrogens is 288 g/mol. The van der Waals surface area contributed by atoms with Gasteiger partial charge in [-0.3, -0.25) is 4.79 Å². The summed E-state index contributed by atoms with van der Waals surface area (Å²) >= 11 is 1.69. The van der Waals surface area contributed by atoms with E-state index in [2.05, 4.69) is 20.1 Å². The maximum absolute atomic E-state index is 11.5. The van der Waals surface area contributed by atoms with E-state index in [0.29, 0.717) is 12.0 Å². The molecule has 1 aromatic heterocycles. The van der Waals surface area contributed by atoms with E-state index in [0.717, 1.165) is 17.3 Å². The van der Waals surface area contributed by atoms with E-state index in [1.165, 1.54) is 38.6 Å². The normalized spacial score (nSPS) is 19.5. The minimum absolute atomic E-state index is 0.208. The Balaban J connectivity index is 1.59. The van der Waals surface area contributed by atoms with Crippen molar-refractivity contribution >= 4 is 17.7 Å². The highest BCUT2D eigenvalue weighted by atomic mass is 32.2. The molecular formula is C14H22N4O2S. The fourth-order valence-electron chi connectivity index (χ4n) is 2.47. The smallest absolute Gasteiger partial charge is 0.322 e. The topological polar surface area (TPSA) is 69.0 Å². The number of hydrogen-bond donors (Lipinski definition) is 1. The molecule has 0 aliphatic heterocycles. The van der Waals surface area contributed by atoms with Gasteiger partial charge in [0.2, 0.25) is 0 Å². The molecule has 1 aromatic rings. The molecule has 0 radical (unpaired) electrons. The molecule has 6 nitrogen and oxygen atoms in total. The Kier molecular flexibility index (Phi) is 4.49. The van der Waals surface area contributed by atoms with Crippen LogP contribution in [0.2, 0.25) is 0 Å². The van der Waals surface area contributed by atoms with Gasteiger partial charge in [-0.05, 0) is 39.2 Å². The number of esters is 1. The maximum Gasteiger partial charge on any atom is 0.322 e. The predicted octanol–water partition coefficient (Wildman–Crippen LogP) is 1.73. The van der Waals surface area contributed by atoms with Crippen LogP contribution in [-0.2, 0) is 9.53 Å². The summed E-state index contributed by atoms with van der Waals surface area (Å²) in [5.41, 5.74) is 0. The van der Waals surface area contributed by atoms with Gasteiger partial charge in [0.1, 0.15) is 11.9 Å². The Bertz CT molecular complexity index is 511. The Morgan fingerprint density at radius 1 is 1.43 bits per heavy atom. The monoisotopic (exact) mass is 310 g/mol. The van der Waals surface area contributed by atoms with E-state index in [1.807, 2.05) is 0 Å². The lowest BCUT2D eigenvalue weighted by Gasteiger charge is -2.13. The molecule has 0 aromatic carbocycles. The molecule has 2 saturated carbocycles. The predicted molar refractivity (Wildman–Crippen MR) is 80.5 cm³/mol. The summed E-state index contributed by atoms with van der Waals surface area (Å²) in [6, 6.07) is 0.363. The third-order valence-electron chi connectivity index (χ3n) is 4.02. The first-order valence-electron chi connectivity index (χ1n) is 7.57. The van der Waals surface area contributed by atoms with Crippen molar-refractivity contribution in [3.63, 3.8) is 0 Å². The molecule has 7 heteroatoms. The van der Waals surface area contributed by atoms with Crippen LogP contribution in [0.25, 0.3) is 0 Å². The fraction of sp³-hybridized carbons (Fsp3) is 0.786. The number of rotatable bonds is 8. The second-order valence-electron chi connectivity index (χ2n) is 5.72. The molecule has 3 rings (SSSR count). The zero-order chi connectivity index (χ0) is 14.8. The van der Waals surface area contributed by atoms with Gasteiger partial charge in [0.05, 0.1) is 7.11 Å². The van der Waals surface area contributed by atoms with Crippen molar-refractivity contribution in [3.05, 3.63) is 5.82 Å². The van der Waals surface area contributed by atoms with E-state index in [1.54, 1.807) is 18.8 Å². The minimum atomic E-state index is -0.248. The van der Waals surface area contributed by atoms with Crippen LogP contribution < -0.4 is 5.32 Å². The fourth-order valence-corrected chi connectivity index (χ4v) is 3.49. The lowest BCUT2D eigenvalue weighted by Crippen LogP contribution is -2.35. The van der Waals surface area contributed by atoms with Crippen LogP contribution in [0.3, 0.4) is 0 Å². The van der Waals surface area contributed by atoms with Crippen molar-refractivity contribution in [1.29, 1.82) is 0 Å². The highest BCUT2D eigenvalue weighted by Gasteiger charge is 2.36. The van der Waals surface area contributed by atoms with E-state index in [4.69, 9.17) is 4.74 Å². The zero-order valence-electron chi connectivity index (χ0n) is 12.5. The molecule has 2 aliphatic rings. The lowest BCUT2D eigenvalue weighted by atomic mass is 10.2. The molecule has 1 N–H and O–H groups in total. The van der Waals surface area contributed by atoms with Gasteiger partial charge in [-0.15, -0.1) is 10.2 Å². The summed E-state index contributed by atoms with van der Waals surface area (Å²) in [7, 11) is 3.20. The number of thioether (sulfide) groups is 1. The Morgan fingerprint density at radius 2 is 2.19 bits per heavy atom. The standard InChI is InChI=1S/C14H22N4O2S/c1-15-11(13(19)20-2)7-8-21-14-17-16-12(9-3-4-9)18(14)10-5-6-10/h9-11,15H,3-8H2,1-2H3. The average molecular weight is 310 g/mol. The van der Waals surface area contributed by atoms with E-state index in [9.17, 15) is 4.79 Å². The van der Waals surface area contributed by atoms with Crippen molar-refractivity contribution in [2.24, 2.45) is 0 Å². The molecule has 21 heavy (non-hydrogen) atoms. The third-order valence-corrected chi connectivity index (χ3v) is 4.99. The quantitative estimate of drug-likeness (QED) is 0.582. The van der Waals surface area contributed by atoms with Gasteiger partial charge in [-0.2, -0.15) is 0 Å². The molecule has 0 saturated heterocycles. The highest BCUT2D eigenvalue weighted by molar-refractivity contribution is 7.99. The summed E-state index contributed by atoms with van der Waals surface area (Å²) in [5, 5.41) is 12.8. The third kappa shape index (κ3) is 3.40. The summed E-state index contributed by atoms with van der Waals surface area (Å²) in [5.74, 6) is 2.43. The van der Waals surface area contributed by atoms with Crippen LogP contribution in [0.15, 0.2) is 5.16 Å². The Labute approximate surface area is 129 Å². The summed E-state index contributed by atoms with van der Waals surface area (Å²) in [6.45, 7) is 0. The largest absolute Gasteiger partial charge is 0.468 e. The number of carbonyl (C=O) groups is 1. The minimum Gasteiger partial charge on any atom is -0.468 e. The molecule has 0 amide bonds. The van der Waals surface area contributed by atoms with Crippen LogP contribution >= 0.6 is 11.8 Å². The van der Waals surface area contributed by atoms with Crippen LogP contribution in [0.4, 0.5) is 0 Å². The van der Waals surface area contributed by atoms with E-state index >= 15 is 0 Å². The van der Waals surface area contributed by atoms with Gasteiger partial charge < -0.3 is 14.6 Å². The van der Waals surface area contributed by atoms with Gasteiger partial charge in [-0.1, -0.05) is 11.8 Å². The Hall–Kier alpha value is -1.08. The van der Waals surface area contributed by atoms with Gasteiger partial charge >= 0.3 is 5.97 Å². The Morgan fingerprint density at radius 3 is 2.76 bits per heavy atom. The summed E-state index contributed by atoms with van der Waals surface area (Å²) < 4.78 is 7.12. The van der Waals surface area contributed by atoms with E-state index < -0.39 is 0 Å². The molecule has 116 valence electrons. The number of nitrogens with one attached hydrogen (secondary N) is 1. The van der Waals surface area contributed by atoms with Crippen molar-refractivity contribution in [3.8, 4) is 0 Å². The van der Waals surface area contributed by atoms with Gasteiger partial charge in [-0.25, -0.2) is 0 Å². The first-order chi connectivity index (χ1) is 10.2. The van der Waals surface area contributed by atoms with E-state index in [-0.39, 0.29) is 12.0 Å². The molecule has 2 fully saturated rings. The van der Waals surface area contributed by atoms with Crippen LogP contribution in [0.5, 0.6) is 0 Å². The van der Waals surface area contributed by atoms with Crippen molar-refractivity contribution < 1.29 is 9.53 Å². The van der Waals surface area contributed by atoms with Gasteiger partial charge in [0.25, 0.3) is 0 Å². The first kappa shape index (κ1) is 14.8. The first-order valence-corrected chi connectivity index (χ1v) is 8.55. The van der Waals surface area contributed by atoms with Gasteiger partial charge in [0.15, 0.2) is 5.16 Å². The molecule has 0 bridgehead atoms. The number of carbonyl (C=O) groups excluding carboxylic acids is 1. The number of ether oxygens (including phenoxy) is 1. The molecule has 1 unspecified atom stereocenters. The second-order valence-corrected chi connectivity index (χ2v) is 6.78. The highest BCUT2D eigenvalue weighted by Crippen LogP contribution is 2.46. The average Bonchev–Trinajstić information content (AvgIpc) is 3.41. The number of nitrogens with zero attached hydrogens (tertiary/aromatic N) is 3. The number of methoxy groups -OCH3 is 1. The second kappa shape index (κ2) is 6.36. The zero-order valence-corrected chi connectivity index (χ0v) is 13.4. The van der Waals surface area contributed by atoms with Crippen LogP contribution in [0, 0.1) is 0 Å². The number of aromatic nitrogens is 3. The van der Waals surface area contributed by atoms with Crippen LogP contribution in [0.1, 0.15) is 49.9 Å². The van der Waals surface area contributed by atoms with Crippen molar-refractivity contribution in [2.75, 3.05) is 19.9 Å². The SMILES string of the molecule is CNC(CCSc1nnc(C2CC2)n1C1CC1)C(=O)OC. The summed E-state index contributed by atoms with van der Waals surface area (Å²) in [6.07, 6.45) is 5.71. The molecule has 1 heterocycles. The molecule has 1 atom stereocenters. The molecule has 0 spiro atoms. The van der Waals surface area contributed by atoms with Gasteiger partial charge in [0, 0.05) is 17.7 Å². The lowest BCUT2D eigenvalue weighted by molar-refractivity contribution is -0.143. The van der Waals surface area contributed by atoms with Crippen LogP contribution in [-0.4, -0.2) is 46.7 Å². The number of likely N-dealkylation sites (N-methyl/N-ethyl adjacent to an activating group) is 1. The maximum atomic E-state index is 11.5. The van der Waals surface area contributed by atoms with Crippen molar-refractivity contribution in [1.82, 2.24) is 20.1 Å².